The molecule has 1 aromatic carbocycles. The lowest BCUT2D eigenvalue weighted by Crippen LogP contribution is -2.44. The number of carboxylic acids is 2. The number of benzene rings is 1. The van der Waals surface area contributed by atoms with Crippen LogP contribution >= 0.6 is 11.3 Å². The number of amidine groups is 1. The molecule has 2 aliphatic rings. The number of amides is 1. The van der Waals surface area contributed by atoms with Crippen LogP contribution in [0.3, 0.4) is 0 Å². The summed E-state index contributed by atoms with van der Waals surface area (Å²) in [6.45, 7) is 0.588. The number of carbonyl (C=O) groups excluding carboxylic acids is 1. The molecule has 4 rings (SSSR count). The quantitative estimate of drug-likeness (QED) is 0.397. The summed E-state index contributed by atoms with van der Waals surface area (Å²) in [5.41, 5.74) is 0.844. The molecule has 5 N–H and O–H groups in total. The number of anilines is 1. The fourth-order valence-electron chi connectivity index (χ4n) is 3.49. The molecule has 0 saturated carbocycles. The number of nitrogens with zero attached hydrogens (tertiary/aromatic N) is 1. The van der Waals surface area contributed by atoms with Crippen molar-refractivity contribution in [1.82, 2.24) is 10.6 Å². The third kappa shape index (κ3) is 3.89. The van der Waals surface area contributed by atoms with Crippen molar-refractivity contribution < 1.29 is 33.0 Å². The summed E-state index contributed by atoms with van der Waals surface area (Å²) < 4.78 is 28.1. The molecule has 1 unspecified atom stereocenters. The highest BCUT2D eigenvalue weighted by atomic mass is 32.2. The minimum atomic E-state index is -3.75. The summed E-state index contributed by atoms with van der Waals surface area (Å²) in [5.74, 6) is -4.07. The molecule has 0 saturated heterocycles. The molecule has 0 fully saturated rings. The Morgan fingerprint density at radius 3 is 2.68 bits per heavy atom. The summed E-state index contributed by atoms with van der Waals surface area (Å²) in [6, 6.07) is 6.20. The Balaban J connectivity index is 1.52. The van der Waals surface area contributed by atoms with Crippen molar-refractivity contribution in [3.63, 3.8) is 0 Å². The Labute approximate surface area is 179 Å². The number of sulfonamides is 1. The van der Waals surface area contributed by atoms with Gasteiger partial charge in [0.1, 0.15) is 15.7 Å². The van der Waals surface area contributed by atoms with Crippen molar-refractivity contribution in [1.29, 1.82) is 0 Å². The van der Waals surface area contributed by atoms with Crippen molar-refractivity contribution in [3.8, 4) is 0 Å². The maximum atomic E-state index is 12.2. The van der Waals surface area contributed by atoms with E-state index in [4.69, 9.17) is 5.11 Å². The Hall–Kier alpha value is -3.29. The minimum Gasteiger partial charge on any atom is -0.478 e. The standard InChI is InChI=1S/C18H16N4O7S2/c23-15(18(26)27)21-16-13(17(24)25)10-5-8(19-7-11(10)30-16)6-20-14-9-3-1-2-4-12(9)31(28,29)22-14/h1-4,8,19H,5-7H2,(H,20,22)(H,21,23)(H,24,25)(H,26,27). The van der Waals surface area contributed by atoms with Gasteiger partial charge in [0.15, 0.2) is 0 Å². The number of rotatable bonds is 4. The molecule has 13 heteroatoms. The number of hydrogen-bond acceptors (Lipinski definition) is 8. The first kappa shape index (κ1) is 21.0. The van der Waals surface area contributed by atoms with Crippen molar-refractivity contribution in [2.45, 2.75) is 23.9 Å². The van der Waals surface area contributed by atoms with Crippen LogP contribution in [-0.2, 0) is 32.6 Å². The molecular formula is C18H16N4O7S2. The molecule has 11 nitrogen and oxygen atoms in total. The van der Waals surface area contributed by atoms with Gasteiger partial charge in [-0.05, 0) is 24.1 Å². The normalized spacial score (nSPS) is 18.5. The van der Waals surface area contributed by atoms with Gasteiger partial charge in [-0.3, -0.25) is 4.79 Å². The Morgan fingerprint density at radius 2 is 1.97 bits per heavy atom. The van der Waals surface area contributed by atoms with Crippen molar-refractivity contribution in [2.24, 2.45) is 4.40 Å². The third-order valence-electron chi connectivity index (χ3n) is 4.88. The highest BCUT2D eigenvalue weighted by molar-refractivity contribution is 7.90. The lowest BCUT2D eigenvalue weighted by atomic mass is 9.98. The molecule has 2 aliphatic heterocycles. The second kappa shape index (κ2) is 7.76. The molecule has 0 bridgehead atoms. The van der Waals surface area contributed by atoms with Gasteiger partial charge in [0.05, 0.1) is 5.56 Å². The number of aliphatic carboxylic acids is 1. The highest BCUT2D eigenvalue weighted by Crippen LogP contribution is 2.36. The summed E-state index contributed by atoms with van der Waals surface area (Å²) in [5, 5.41) is 26.7. The van der Waals surface area contributed by atoms with Crippen LogP contribution in [0, 0.1) is 0 Å². The predicted molar refractivity (Wildman–Crippen MR) is 110 cm³/mol. The summed E-state index contributed by atoms with van der Waals surface area (Å²) in [4.78, 5) is 34.9. The number of nitrogens with one attached hydrogen (secondary N) is 3. The van der Waals surface area contributed by atoms with Gasteiger partial charge in [0.25, 0.3) is 10.0 Å². The second-order valence-electron chi connectivity index (χ2n) is 6.85. The van der Waals surface area contributed by atoms with Crippen molar-refractivity contribution in [3.05, 3.63) is 45.8 Å². The maximum absolute atomic E-state index is 12.2. The van der Waals surface area contributed by atoms with Crippen LogP contribution in [0.5, 0.6) is 0 Å². The summed E-state index contributed by atoms with van der Waals surface area (Å²) in [6.07, 6.45) is 0.283. The van der Waals surface area contributed by atoms with Crippen LogP contribution in [0.15, 0.2) is 33.6 Å². The number of thiophene rings is 1. The molecule has 1 amide bonds. The van der Waals surface area contributed by atoms with E-state index in [1.54, 1.807) is 18.2 Å². The average Bonchev–Trinajstić information content (AvgIpc) is 3.20. The van der Waals surface area contributed by atoms with Gasteiger partial charge < -0.3 is 26.2 Å². The summed E-state index contributed by atoms with van der Waals surface area (Å²) in [7, 11) is -3.75. The molecule has 3 heterocycles. The monoisotopic (exact) mass is 464 g/mol. The lowest BCUT2D eigenvalue weighted by molar-refractivity contribution is -0.147. The van der Waals surface area contributed by atoms with Crippen LogP contribution in [0.1, 0.15) is 26.4 Å². The van der Waals surface area contributed by atoms with E-state index in [2.05, 4.69) is 20.3 Å². The number of fused-ring (bicyclic) bond motifs is 2. The van der Waals surface area contributed by atoms with Gasteiger partial charge >= 0.3 is 17.8 Å². The van der Waals surface area contributed by atoms with Gasteiger partial charge in [0, 0.05) is 29.6 Å². The van der Waals surface area contributed by atoms with Crippen LogP contribution in [0.2, 0.25) is 0 Å². The van der Waals surface area contributed by atoms with Gasteiger partial charge in [-0.1, -0.05) is 12.1 Å². The summed E-state index contributed by atoms with van der Waals surface area (Å²) >= 11 is 1.01. The number of aromatic carboxylic acids is 1. The Morgan fingerprint density at radius 1 is 1.23 bits per heavy atom. The average molecular weight is 464 g/mol. The first-order valence-electron chi connectivity index (χ1n) is 9.01. The first-order valence-corrected chi connectivity index (χ1v) is 11.3. The van der Waals surface area contributed by atoms with E-state index >= 15 is 0 Å². The zero-order valence-corrected chi connectivity index (χ0v) is 17.3. The van der Waals surface area contributed by atoms with Crippen molar-refractivity contribution in [2.75, 3.05) is 11.9 Å². The first-order chi connectivity index (χ1) is 14.7. The van der Waals surface area contributed by atoms with Gasteiger partial charge in [-0.25, -0.2) is 9.59 Å². The van der Waals surface area contributed by atoms with Crippen LogP contribution < -0.4 is 16.0 Å². The van der Waals surface area contributed by atoms with E-state index in [1.165, 1.54) is 6.07 Å². The fourth-order valence-corrected chi connectivity index (χ4v) is 5.86. The van der Waals surface area contributed by atoms with Gasteiger partial charge in [-0.2, -0.15) is 8.42 Å². The predicted octanol–water partition coefficient (Wildman–Crippen LogP) is 0.222. The largest absolute Gasteiger partial charge is 0.478 e. The van der Waals surface area contributed by atoms with Crippen LogP contribution in [0.25, 0.3) is 0 Å². The van der Waals surface area contributed by atoms with Crippen LogP contribution in [0.4, 0.5) is 5.00 Å². The van der Waals surface area contributed by atoms with Crippen LogP contribution in [-0.4, -0.2) is 54.9 Å². The SMILES string of the molecule is O=C(O)C(=O)Nc1sc2c(c1C(=O)O)CC(CNC1=NS(=O)(=O)c3ccccc31)NC2. The third-order valence-corrected chi connectivity index (χ3v) is 7.36. The Kier molecular flexibility index (Phi) is 5.24. The van der Waals surface area contributed by atoms with E-state index in [0.29, 0.717) is 22.5 Å². The molecule has 0 radical (unpaired) electrons. The van der Waals surface area contributed by atoms with E-state index in [-0.39, 0.29) is 40.3 Å². The molecule has 1 atom stereocenters. The number of carbonyl (C=O) groups is 3. The molecule has 1 aromatic heterocycles. The molecule has 0 spiro atoms. The van der Waals surface area contributed by atoms with E-state index in [1.807, 2.05) is 0 Å². The zero-order chi connectivity index (χ0) is 22.3. The van der Waals surface area contributed by atoms with E-state index < -0.39 is 27.9 Å². The van der Waals surface area contributed by atoms with Gasteiger partial charge in [0.2, 0.25) is 0 Å². The highest BCUT2D eigenvalue weighted by Gasteiger charge is 2.32. The van der Waals surface area contributed by atoms with E-state index in [9.17, 15) is 27.9 Å². The molecular weight excluding hydrogens is 448 g/mol. The fraction of sp³-hybridized carbons (Fsp3) is 0.222. The molecule has 0 aliphatic carbocycles. The number of carboxylic acid groups (broad SMARTS) is 2. The smallest absolute Gasteiger partial charge is 0.394 e. The Bertz CT molecular complexity index is 1250. The lowest BCUT2D eigenvalue weighted by Gasteiger charge is -2.25. The molecule has 162 valence electrons. The van der Waals surface area contributed by atoms with Crippen molar-refractivity contribution >= 4 is 50.0 Å². The molecule has 31 heavy (non-hydrogen) atoms. The zero-order valence-electron chi connectivity index (χ0n) is 15.7. The maximum Gasteiger partial charge on any atom is 0.394 e. The second-order valence-corrected chi connectivity index (χ2v) is 9.52. The molecule has 2 aromatic rings. The van der Waals surface area contributed by atoms with Gasteiger partial charge in [-0.15, -0.1) is 15.7 Å². The topological polar surface area (TPSA) is 174 Å². The number of hydrogen-bond donors (Lipinski definition) is 5. The van der Waals surface area contributed by atoms with E-state index in [0.717, 1.165) is 11.3 Å². The minimum absolute atomic E-state index is 0.0273.